The maximum absolute atomic E-state index is 12.7. The lowest BCUT2D eigenvalue weighted by Gasteiger charge is -2.60. The summed E-state index contributed by atoms with van der Waals surface area (Å²) in [4.78, 5) is 35.2. The number of hydrogen-bond donors (Lipinski definition) is 1. The summed E-state index contributed by atoms with van der Waals surface area (Å²) in [7, 11) is 1.98. The fourth-order valence-electron chi connectivity index (χ4n) is 7.96. The number of fused-ring (bicyclic) bond motifs is 5. The Morgan fingerprint density at radius 2 is 2.00 bits per heavy atom. The van der Waals surface area contributed by atoms with Crippen molar-refractivity contribution in [3.63, 3.8) is 0 Å². The van der Waals surface area contributed by atoms with Gasteiger partial charge in [0.1, 0.15) is 0 Å². The first-order chi connectivity index (χ1) is 14.8. The highest BCUT2D eigenvalue weighted by Crippen LogP contribution is 2.65. The minimum absolute atomic E-state index is 0.0560. The second-order valence-corrected chi connectivity index (χ2v) is 10.8. The van der Waals surface area contributed by atoms with Crippen molar-refractivity contribution >= 4 is 17.6 Å². The second-order valence-electron chi connectivity index (χ2n) is 10.8. The van der Waals surface area contributed by atoms with Gasteiger partial charge in [-0.15, -0.1) is 0 Å². The van der Waals surface area contributed by atoms with Gasteiger partial charge in [-0.3, -0.25) is 14.6 Å². The molecule has 1 aliphatic heterocycles. The lowest BCUT2D eigenvalue weighted by Crippen LogP contribution is -2.59. The molecule has 0 radical (unpaired) electrons. The molecule has 0 saturated heterocycles. The van der Waals surface area contributed by atoms with Crippen LogP contribution < -0.4 is 5.32 Å². The topological polar surface area (TPSA) is 75.2 Å². The van der Waals surface area contributed by atoms with E-state index in [-0.39, 0.29) is 22.6 Å². The molecule has 7 atom stereocenters. The normalized spacial score (nSPS) is 41.3. The minimum Gasteiger partial charge on any atom is -0.338 e. The van der Waals surface area contributed by atoms with Gasteiger partial charge >= 0.3 is 0 Å². The molecule has 4 unspecified atom stereocenters. The predicted octanol–water partition coefficient (Wildman–Crippen LogP) is 4.06. The van der Waals surface area contributed by atoms with Crippen LogP contribution in [0.4, 0.5) is 5.82 Å². The van der Waals surface area contributed by atoms with Gasteiger partial charge in [0, 0.05) is 37.3 Å². The Hall–Kier alpha value is -2.24. The highest BCUT2D eigenvalue weighted by Gasteiger charge is 2.60. The molecule has 6 heteroatoms. The molecule has 3 aliphatic carbocycles. The summed E-state index contributed by atoms with van der Waals surface area (Å²) in [6, 6.07) is 0.325. The molecule has 31 heavy (non-hydrogen) atoms. The number of nitrogens with one attached hydrogen (secondary N) is 1. The molecule has 2 amide bonds. The number of amides is 2. The Bertz CT molecular complexity index is 902. The van der Waals surface area contributed by atoms with E-state index < -0.39 is 0 Å². The quantitative estimate of drug-likeness (QED) is 0.797. The third-order valence-corrected chi connectivity index (χ3v) is 9.59. The van der Waals surface area contributed by atoms with E-state index in [1.165, 1.54) is 25.7 Å². The molecule has 0 spiro atoms. The van der Waals surface area contributed by atoms with Crippen LogP contribution in [0.5, 0.6) is 0 Å². The Labute approximate surface area is 184 Å². The SMILES string of the molecule is CN1C(=O)C=C[C@]2(C)C3CC[C@@]4(C)C(CC[C@@H]4CC(=O)Nc4cnccn4)C3CCC12. The molecule has 1 aromatic heterocycles. The molecule has 3 fully saturated rings. The van der Waals surface area contributed by atoms with Crippen molar-refractivity contribution in [2.75, 3.05) is 12.4 Å². The molecule has 3 saturated carbocycles. The van der Waals surface area contributed by atoms with Crippen LogP contribution in [0.15, 0.2) is 30.7 Å². The van der Waals surface area contributed by atoms with Crippen LogP contribution in [0.25, 0.3) is 0 Å². The lowest BCUT2D eigenvalue weighted by atomic mass is 9.47. The molecule has 1 N–H and O–H groups in total. The van der Waals surface area contributed by atoms with Crippen molar-refractivity contribution in [3.05, 3.63) is 30.7 Å². The first-order valence-corrected chi connectivity index (χ1v) is 11.8. The summed E-state index contributed by atoms with van der Waals surface area (Å²) in [5, 5.41) is 2.93. The van der Waals surface area contributed by atoms with E-state index in [0.29, 0.717) is 42.0 Å². The Morgan fingerprint density at radius 1 is 1.16 bits per heavy atom. The van der Waals surface area contributed by atoms with Gasteiger partial charge in [0.25, 0.3) is 0 Å². The molecular formula is C25H34N4O2. The van der Waals surface area contributed by atoms with E-state index in [9.17, 15) is 9.59 Å². The fraction of sp³-hybridized carbons (Fsp3) is 0.680. The van der Waals surface area contributed by atoms with Gasteiger partial charge in [-0.05, 0) is 73.7 Å². The number of likely N-dealkylation sites (N-methyl/N-ethyl adjacent to an activating group) is 1. The zero-order valence-electron chi connectivity index (χ0n) is 18.9. The van der Waals surface area contributed by atoms with Crippen molar-refractivity contribution in [2.45, 2.75) is 64.8 Å². The predicted molar refractivity (Wildman–Crippen MR) is 119 cm³/mol. The van der Waals surface area contributed by atoms with Crippen molar-refractivity contribution in [1.29, 1.82) is 0 Å². The van der Waals surface area contributed by atoms with E-state index >= 15 is 0 Å². The van der Waals surface area contributed by atoms with Crippen LogP contribution in [0.3, 0.4) is 0 Å². The first-order valence-electron chi connectivity index (χ1n) is 11.8. The molecule has 166 valence electrons. The maximum atomic E-state index is 12.7. The summed E-state index contributed by atoms with van der Waals surface area (Å²) in [5.74, 6) is 3.16. The minimum atomic E-state index is 0.0560. The number of carbonyl (C=O) groups is 2. The van der Waals surface area contributed by atoms with E-state index in [1.54, 1.807) is 24.7 Å². The monoisotopic (exact) mass is 422 g/mol. The average Bonchev–Trinajstić information content (AvgIpc) is 3.08. The summed E-state index contributed by atoms with van der Waals surface area (Å²) in [5.41, 5.74) is 0.304. The fourth-order valence-corrected chi connectivity index (χ4v) is 7.96. The van der Waals surface area contributed by atoms with Crippen LogP contribution >= 0.6 is 0 Å². The zero-order valence-corrected chi connectivity index (χ0v) is 18.9. The molecule has 0 bridgehead atoms. The maximum Gasteiger partial charge on any atom is 0.246 e. The van der Waals surface area contributed by atoms with E-state index in [4.69, 9.17) is 0 Å². The molecule has 2 heterocycles. The Morgan fingerprint density at radius 3 is 2.77 bits per heavy atom. The lowest BCUT2D eigenvalue weighted by molar-refractivity contribution is -0.139. The van der Waals surface area contributed by atoms with Crippen molar-refractivity contribution < 1.29 is 9.59 Å². The first kappa shape index (κ1) is 20.7. The van der Waals surface area contributed by atoms with E-state index in [2.05, 4.69) is 35.2 Å². The van der Waals surface area contributed by atoms with Crippen LogP contribution in [0.2, 0.25) is 0 Å². The van der Waals surface area contributed by atoms with Gasteiger partial charge in [-0.1, -0.05) is 19.9 Å². The second kappa shape index (κ2) is 7.42. The highest BCUT2D eigenvalue weighted by molar-refractivity contribution is 5.90. The number of rotatable bonds is 3. The number of hydrogen-bond acceptors (Lipinski definition) is 4. The van der Waals surface area contributed by atoms with Crippen LogP contribution in [-0.2, 0) is 9.59 Å². The van der Waals surface area contributed by atoms with E-state index in [0.717, 1.165) is 12.8 Å². The average molecular weight is 423 g/mol. The van der Waals surface area contributed by atoms with Crippen LogP contribution in [0, 0.1) is 34.5 Å². The molecular weight excluding hydrogens is 388 g/mol. The number of anilines is 1. The summed E-state index contributed by atoms with van der Waals surface area (Å²) >= 11 is 0. The molecule has 6 nitrogen and oxygen atoms in total. The summed E-state index contributed by atoms with van der Waals surface area (Å²) < 4.78 is 0. The summed E-state index contributed by atoms with van der Waals surface area (Å²) in [6.07, 6.45) is 16.4. The Balaban J connectivity index is 1.32. The van der Waals surface area contributed by atoms with Gasteiger partial charge < -0.3 is 10.2 Å². The number of aromatic nitrogens is 2. The highest BCUT2D eigenvalue weighted by atomic mass is 16.2. The van der Waals surface area contributed by atoms with Crippen molar-refractivity contribution in [3.8, 4) is 0 Å². The van der Waals surface area contributed by atoms with Gasteiger partial charge in [-0.25, -0.2) is 4.98 Å². The largest absolute Gasteiger partial charge is 0.338 e. The zero-order chi connectivity index (χ0) is 21.8. The Kier molecular flexibility index (Phi) is 4.94. The van der Waals surface area contributed by atoms with Crippen LogP contribution in [0.1, 0.15) is 58.8 Å². The molecule has 5 rings (SSSR count). The van der Waals surface area contributed by atoms with Crippen molar-refractivity contribution in [1.82, 2.24) is 14.9 Å². The molecule has 4 aliphatic rings. The van der Waals surface area contributed by atoms with Crippen LogP contribution in [-0.4, -0.2) is 39.8 Å². The third kappa shape index (κ3) is 3.21. The van der Waals surface area contributed by atoms with E-state index in [1.807, 2.05) is 11.9 Å². The van der Waals surface area contributed by atoms with Gasteiger partial charge in [-0.2, -0.15) is 0 Å². The van der Waals surface area contributed by atoms with Crippen molar-refractivity contribution in [2.24, 2.45) is 34.5 Å². The number of nitrogens with zero attached hydrogens (tertiary/aromatic N) is 3. The third-order valence-electron chi connectivity index (χ3n) is 9.59. The standard InChI is InChI=1S/C25H34N4O2/c1-24-10-8-19-17(5-7-20-25(19,2)11-9-23(31)29(20)3)18(24)6-4-16(24)14-22(30)28-21-15-26-12-13-27-21/h9,11-13,15-20H,4-8,10,14H2,1-3H3,(H,27,28,30)/t16-,17?,18?,19?,20?,24-,25-/m1/s1. The number of carbonyl (C=O) groups excluding carboxylic acids is 2. The molecule has 1 aromatic rings. The smallest absolute Gasteiger partial charge is 0.246 e. The van der Waals surface area contributed by atoms with Gasteiger partial charge in [0.2, 0.25) is 11.8 Å². The summed E-state index contributed by atoms with van der Waals surface area (Å²) in [6.45, 7) is 4.83. The molecule has 0 aromatic carbocycles. The van der Waals surface area contributed by atoms with Gasteiger partial charge in [0.05, 0.1) is 6.20 Å². The van der Waals surface area contributed by atoms with Gasteiger partial charge in [0.15, 0.2) is 5.82 Å².